The number of carbonyl (C=O) groups is 1. The molecule has 98 valence electrons. The summed E-state index contributed by atoms with van der Waals surface area (Å²) in [7, 11) is 1.61. The first-order valence-electron chi connectivity index (χ1n) is 5.40. The minimum Gasteiger partial charge on any atom is -0.458 e. The van der Waals surface area contributed by atoms with Gasteiger partial charge in [-0.2, -0.15) is 0 Å². The van der Waals surface area contributed by atoms with Crippen LogP contribution < -0.4 is 0 Å². The Labute approximate surface area is 102 Å². The van der Waals surface area contributed by atoms with Gasteiger partial charge in [-0.1, -0.05) is 0 Å². The molecule has 0 aliphatic heterocycles. The van der Waals surface area contributed by atoms with E-state index in [4.69, 9.17) is 25.5 Å². The van der Waals surface area contributed by atoms with Gasteiger partial charge < -0.3 is 23.8 Å². The zero-order valence-electron chi connectivity index (χ0n) is 10.3. The van der Waals surface area contributed by atoms with Crippen molar-refractivity contribution in [2.75, 3.05) is 46.8 Å². The van der Waals surface area contributed by atoms with Crippen LogP contribution in [0.3, 0.4) is 0 Å². The zero-order valence-corrected chi connectivity index (χ0v) is 10.3. The summed E-state index contributed by atoms with van der Waals surface area (Å²) in [5.41, 5.74) is 0. The van der Waals surface area contributed by atoms with Gasteiger partial charge in [0, 0.05) is 14.0 Å². The molecule has 0 fully saturated rings. The zero-order chi connectivity index (χ0) is 12.9. The summed E-state index contributed by atoms with van der Waals surface area (Å²) in [4.78, 5) is 14.1. The summed E-state index contributed by atoms with van der Waals surface area (Å²) >= 11 is 0. The molecule has 0 aromatic heterocycles. The lowest BCUT2D eigenvalue weighted by Gasteiger charge is -2.06. The molecule has 0 aliphatic carbocycles. The number of hydrogen-bond donors (Lipinski definition) is 0. The third-order valence-corrected chi connectivity index (χ3v) is 1.81. The fourth-order valence-electron chi connectivity index (χ4n) is 0.839. The minimum absolute atomic E-state index is 0.163. The van der Waals surface area contributed by atoms with E-state index in [-0.39, 0.29) is 6.61 Å². The maximum absolute atomic E-state index is 11.1. The molecular formula is C11H19NO5. The van der Waals surface area contributed by atoms with E-state index in [1.165, 1.54) is 6.92 Å². The Morgan fingerprint density at radius 3 is 2.18 bits per heavy atom. The number of ether oxygens (including phenoxy) is 4. The Hall–Kier alpha value is -1.16. The number of methoxy groups -OCH3 is 1. The van der Waals surface area contributed by atoms with Gasteiger partial charge in [-0.25, -0.2) is 11.4 Å². The summed E-state index contributed by atoms with van der Waals surface area (Å²) in [6.45, 7) is 10.6. The molecule has 6 heteroatoms. The number of hydrogen-bond acceptors (Lipinski definition) is 5. The molecule has 0 aromatic carbocycles. The highest BCUT2D eigenvalue weighted by Crippen LogP contribution is 1.92. The van der Waals surface area contributed by atoms with Crippen LogP contribution in [0.25, 0.3) is 4.85 Å². The first-order valence-corrected chi connectivity index (χ1v) is 5.40. The fraction of sp³-hybridized carbons (Fsp3) is 0.818. The van der Waals surface area contributed by atoms with Crippen LogP contribution >= 0.6 is 0 Å². The van der Waals surface area contributed by atoms with Crippen LogP contribution in [-0.4, -0.2) is 58.8 Å². The van der Waals surface area contributed by atoms with Gasteiger partial charge in [0.1, 0.15) is 6.61 Å². The number of carbonyl (C=O) groups excluding carboxylic acids is 1. The maximum atomic E-state index is 11.1. The van der Waals surface area contributed by atoms with Gasteiger partial charge >= 0.3 is 12.0 Å². The highest BCUT2D eigenvalue weighted by Gasteiger charge is 2.17. The molecule has 0 aliphatic rings. The predicted molar refractivity (Wildman–Crippen MR) is 60.5 cm³/mol. The van der Waals surface area contributed by atoms with Crippen LogP contribution in [0.15, 0.2) is 0 Å². The van der Waals surface area contributed by atoms with Crippen LogP contribution in [-0.2, 0) is 23.7 Å². The molecule has 0 radical (unpaired) electrons. The van der Waals surface area contributed by atoms with E-state index >= 15 is 0 Å². The Kier molecular flexibility index (Phi) is 10.6. The van der Waals surface area contributed by atoms with Crippen molar-refractivity contribution >= 4 is 5.97 Å². The largest absolute Gasteiger partial charge is 0.458 e. The predicted octanol–water partition coefficient (Wildman–Crippen LogP) is 0.517. The van der Waals surface area contributed by atoms with Crippen molar-refractivity contribution in [3.05, 3.63) is 11.4 Å². The quantitative estimate of drug-likeness (QED) is 0.319. The summed E-state index contributed by atoms with van der Waals surface area (Å²) in [6, 6.07) is -0.743. The molecule has 0 N–H and O–H groups in total. The van der Waals surface area contributed by atoms with E-state index in [9.17, 15) is 4.79 Å². The molecule has 0 heterocycles. The Bertz CT molecular complexity index is 239. The normalized spacial score (nSPS) is 11.8. The van der Waals surface area contributed by atoms with Gasteiger partial charge in [0.15, 0.2) is 0 Å². The van der Waals surface area contributed by atoms with E-state index in [2.05, 4.69) is 4.85 Å². The fourth-order valence-corrected chi connectivity index (χ4v) is 0.839. The lowest BCUT2D eigenvalue weighted by Crippen LogP contribution is -2.19. The first kappa shape index (κ1) is 15.8. The Morgan fingerprint density at radius 2 is 1.65 bits per heavy atom. The molecule has 1 atom stereocenters. The van der Waals surface area contributed by atoms with Crippen molar-refractivity contribution in [1.82, 2.24) is 0 Å². The average Bonchev–Trinajstić information content (AvgIpc) is 2.35. The molecule has 0 bridgehead atoms. The monoisotopic (exact) mass is 245 g/mol. The highest BCUT2D eigenvalue weighted by molar-refractivity contribution is 5.77. The van der Waals surface area contributed by atoms with E-state index in [0.29, 0.717) is 33.0 Å². The van der Waals surface area contributed by atoms with Crippen molar-refractivity contribution in [3.63, 3.8) is 0 Å². The van der Waals surface area contributed by atoms with Gasteiger partial charge in [-0.3, -0.25) is 0 Å². The van der Waals surface area contributed by atoms with Crippen molar-refractivity contribution in [1.29, 1.82) is 0 Å². The molecular weight excluding hydrogens is 226 g/mol. The standard InChI is InChI=1S/C11H19NO5/c1-10(12-2)11(13)17-9-8-16-7-6-15-5-4-14-3/h10H,4-9H2,1,3H3. The van der Waals surface area contributed by atoms with E-state index in [0.717, 1.165) is 0 Å². The second-order valence-corrected chi connectivity index (χ2v) is 3.19. The summed E-state index contributed by atoms with van der Waals surface area (Å²) in [5.74, 6) is -0.514. The van der Waals surface area contributed by atoms with Crippen LogP contribution in [0, 0.1) is 6.57 Å². The molecule has 0 spiro atoms. The molecule has 0 rings (SSSR count). The number of rotatable bonds is 10. The van der Waals surface area contributed by atoms with E-state index < -0.39 is 12.0 Å². The summed E-state index contributed by atoms with van der Waals surface area (Å²) < 4.78 is 19.9. The minimum atomic E-state index is -0.743. The maximum Gasteiger partial charge on any atom is 0.390 e. The molecule has 0 amide bonds. The van der Waals surface area contributed by atoms with Gasteiger partial charge in [0.2, 0.25) is 0 Å². The van der Waals surface area contributed by atoms with E-state index in [1.54, 1.807) is 7.11 Å². The second-order valence-electron chi connectivity index (χ2n) is 3.19. The van der Waals surface area contributed by atoms with Crippen molar-refractivity contribution in [2.45, 2.75) is 13.0 Å². The summed E-state index contributed by atoms with van der Waals surface area (Å²) in [5, 5.41) is 0. The van der Waals surface area contributed by atoms with E-state index in [1.807, 2.05) is 0 Å². The van der Waals surface area contributed by atoms with Gasteiger partial charge in [-0.05, 0) is 0 Å². The second kappa shape index (κ2) is 11.3. The van der Waals surface area contributed by atoms with Crippen LogP contribution in [0.4, 0.5) is 0 Å². The van der Waals surface area contributed by atoms with Crippen molar-refractivity contribution in [3.8, 4) is 0 Å². The summed E-state index contributed by atoms with van der Waals surface area (Å²) in [6.07, 6.45) is 0. The topological polar surface area (TPSA) is 58.4 Å². The number of esters is 1. The van der Waals surface area contributed by atoms with Crippen LogP contribution in [0.5, 0.6) is 0 Å². The third-order valence-electron chi connectivity index (χ3n) is 1.81. The molecule has 17 heavy (non-hydrogen) atoms. The smallest absolute Gasteiger partial charge is 0.390 e. The first-order chi connectivity index (χ1) is 8.22. The highest BCUT2D eigenvalue weighted by atomic mass is 16.6. The molecule has 0 aromatic rings. The lowest BCUT2D eigenvalue weighted by atomic mass is 10.4. The van der Waals surface area contributed by atoms with Gasteiger partial charge in [0.25, 0.3) is 0 Å². The van der Waals surface area contributed by atoms with Gasteiger partial charge in [-0.15, -0.1) is 0 Å². The van der Waals surface area contributed by atoms with Crippen molar-refractivity contribution in [2.24, 2.45) is 0 Å². The molecule has 1 unspecified atom stereocenters. The SMILES string of the molecule is [C-]#[N+]C(C)C(=O)OCCOCCOCCOC. The van der Waals surface area contributed by atoms with Crippen LogP contribution in [0.1, 0.15) is 6.92 Å². The van der Waals surface area contributed by atoms with Gasteiger partial charge in [0.05, 0.1) is 33.0 Å². The van der Waals surface area contributed by atoms with Crippen LogP contribution in [0.2, 0.25) is 0 Å². The molecule has 0 saturated carbocycles. The lowest BCUT2D eigenvalue weighted by molar-refractivity contribution is -0.145. The Morgan fingerprint density at radius 1 is 1.12 bits per heavy atom. The third kappa shape index (κ3) is 9.75. The molecule has 0 saturated heterocycles. The Balaban J connectivity index is 3.19. The molecule has 6 nitrogen and oxygen atoms in total. The average molecular weight is 245 g/mol. The number of nitrogens with zero attached hydrogens (tertiary/aromatic N) is 1. The van der Waals surface area contributed by atoms with Crippen molar-refractivity contribution < 1.29 is 23.7 Å².